The number of nitrogens with zero attached hydrogens (tertiary/aromatic N) is 3. The van der Waals surface area contributed by atoms with Gasteiger partial charge in [-0.25, -0.2) is 0 Å². The molecular weight excluding hydrogens is 262 g/mol. The first-order valence-corrected chi connectivity index (χ1v) is 5.96. The molecule has 0 bridgehead atoms. The number of esters is 1. The lowest BCUT2D eigenvalue weighted by atomic mass is 10.1. The summed E-state index contributed by atoms with van der Waals surface area (Å²) in [5.41, 5.74) is 0.168. The van der Waals surface area contributed by atoms with Gasteiger partial charge in [0.2, 0.25) is 0 Å². The molecule has 0 aliphatic rings. The highest BCUT2D eigenvalue weighted by Crippen LogP contribution is 2.30. The molecule has 0 saturated carbocycles. The van der Waals surface area contributed by atoms with Crippen LogP contribution in [0.2, 0.25) is 0 Å². The van der Waals surface area contributed by atoms with E-state index in [-0.39, 0.29) is 23.6 Å². The summed E-state index contributed by atoms with van der Waals surface area (Å²) in [5, 5.41) is 20.0. The van der Waals surface area contributed by atoms with Crippen LogP contribution < -0.4 is 4.90 Å². The number of ether oxygens (including phenoxy) is 1. The molecule has 7 heteroatoms. The molecule has 0 saturated heterocycles. The minimum absolute atomic E-state index is 0.0207. The summed E-state index contributed by atoms with van der Waals surface area (Å²) >= 11 is 0. The molecule has 106 valence electrons. The molecular formula is C13H15N3O4. The van der Waals surface area contributed by atoms with Crippen LogP contribution in [0.4, 0.5) is 11.4 Å². The summed E-state index contributed by atoms with van der Waals surface area (Å²) in [7, 11) is 2.99. The predicted molar refractivity (Wildman–Crippen MR) is 72.3 cm³/mol. The number of nitro groups is 1. The van der Waals surface area contributed by atoms with Crippen molar-refractivity contribution < 1.29 is 14.5 Å². The van der Waals surface area contributed by atoms with Crippen LogP contribution in [0, 0.1) is 21.4 Å². The third kappa shape index (κ3) is 3.68. The second-order valence-corrected chi connectivity index (χ2v) is 4.14. The van der Waals surface area contributed by atoms with E-state index in [1.165, 1.54) is 13.2 Å². The zero-order valence-corrected chi connectivity index (χ0v) is 11.3. The molecule has 20 heavy (non-hydrogen) atoms. The number of nitriles is 1. The Bertz CT molecular complexity index is 551. The van der Waals surface area contributed by atoms with E-state index < -0.39 is 4.92 Å². The van der Waals surface area contributed by atoms with Crippen LogP contribution in [0.5, 0.6) is 0 Å². The maximum atomic E-state index is 11.1. The third-order valence-corrected chi connectivity index (χ3v) is 2.83. The van der Waals surface area contributed by atoms with Gasteiger partial charge in [-0.15, -0.1) is 0 Å². The van der Waals surface area contributed by atoms with Gasteiger partial charge in [0.25, 0.3) is 0 Å². The van der Waals surface area contributed by atoms with Gasteiger partial charge in [0.1, 0.15) is 17.3 Å². The van der Waals surface area contributed by atoms with Crippen molar-refractivity contribution in [1.29, 1.82) is 5.26 Å². The molecule has 1 aromatic carbocycles. The Labute approximate surface area is 116 Å². The largest absolute Gasteiger partial charge is 0.469 e. The van der Waals surface area contributed by atoms with Crippen LogP contribution in [-0.4, -0.2) is 31.6 Å². The zero-order chi connectivity index (χ0) is 15.1. The van der Waals surface area contributed by atoms with E-state index in [0.717, 1.165) is 0 Å². The van der Waals surface area contributed by atoms with E-state index in [9.17, 15) is 14.9 Å². The smallest absolute Gasteiger partial charge is 0.310 e. The summed E-state index contributed by atoms with van der Waals surface area (Å²) in [6.45, 7) is 0.449. The summed E-state index contributed by atoms with van der Waals surface area (Å²) < 4.78 is 4.53. The number of nitro benzene ring substituents is 1. The van der Waals surface area contributed by atoms with Crippen LogP contribution in [0.15, 0.2) is 18.2 Å². The highest BCUT2D eigenvalue weighted by atomic mass is 16.6. The Balaban J connectivity index is 2.88. The standard InChI is InChI=1S/C13H15N3O4/c1-15(8-4-7-12(17)20-2)11-6-3-5-10(9-14)13(11)16(18)19/h3,5-6H,4,7-8H2,1-2H3. The number of methoxy groups -OCH3 is 1. The first-order chi connectivity index (χ1) is 9.51. The maximum absolute atomic E-state index is 11.1. The number of hydrogen-bond acceptors (Lipinski definition) is 6. The molecule has 7 nitrogen and oxygen atoms in total. The first-order valence-electron chi connectivity index (χ1n) is 5.96. The Hall–Kier alpha value is -2.62. The van der Waals surface area contributed by atoms with Crippen molar-refractivity contribution in [1.82, 2.24) is 0 Å². The fourth-order valence-corrected chi connectivity index (χ4v) is 1.80. The van der Waals surface area contributed by atoms with Gasteiger partial charge in [-0.2, -0.15) is 5.26 Å². The average Bonchev–Trinajstić information content (AvgIpc) is 2.45. The molecule has 0 unspecified atom stereocenters. The van der Waals surface area contributed by atoms with Gasteiger partial charge in [-0.3, -0.25) is 14.9 Å². The monoisotopic (exact) mass is 277 g/mol. The van der Waals surface area contributed by atoms with E-state index in [2.05, 4.69) is 4.74 Å². The van der Waals surface area contributed by atoms with Gasteiger partial charge in [-0.1, -0.05) is 6.07 Å². The lowest BCUT2D eigenvalue weighted by molar-refractivity contribution is -0.384. The second-order valence-electron chi connectivity index (χ2n) is 4.14. The summed E-state index contributed by atoms with van der Waals surface area (Å²) in [6, 6.07) is 6.40. The lowest BCUT2D eigenvalue weighted by Gasteiger charge is -2.19. The molecule has 0 aliphatic carbocycles. The predicted octanol–water partition coefficient (Wildman–Crippen LogP) is 1.86. The molecule has 0 amide bonds. The number of carbonyl (C=O) groups is 1. The lowest BCUT2D eigenvalue weighted by Crippen LogP contribution is -2.21. The summed E-state index contributed by atoms with van der Waals surface area (Å²) in [5.74, 6) is -0.321. The molecule has 1 rings (SSSR count). The molecule has 0 aliphatic heterocycles. The van der Waals surface area contributed by atoms with Crippen LogP contribution >= 0.6 is 0 Å². The van der Waals surface area contributed by atoms with Crippen molar-refractivity contribution in [2.45, 2.75) is 12.8 Å². The van der Waals surface area contributed by atoms with Crippen LogP contribution in [0.25, 0.3) is 0 Å². The number of carbonyl (C=O) groups excluding carboxylic acids is 1. The quantitative estimate of drug-likeness (QED) is 0.447. The van der Waals surface area contributed by atoms with Crippen molar-refractivity contribution in [3.05, 3.63) is 33.9 Å². The highest BCUT2D eigenvalue weighted by molar-refractivity contribution is 5.70. The summed E-state index contributed by atoms with van der Waals surface area (Å²) in [6.07, 6.45) is 0.754. The molecule has 1 aromatic rings. The third-order valence-electron chi connectivity index (χ3n) is 2.83. The Morgan fingerprint density at radius 2 is 2.25 bits per heavy atom. The number of rotatable bonds is 6. The Morgan fingerprint density at radius 1 is 1.55 bits per heavy atom. The van der Waals surface area contributed by atoms with Crippen molar-refractivity contribution in [2.75, 3.05) is 25.6 Å². The van der Waals surface area contributed by atoms with Crippen LogP contribution in [0.3, 0.4) is 0 Å². The molecule has 0 radical (unpaired) electrons. The minimum atomic E-state index is -0.565. The van der Waals surface area contributed by atoms with Gasteiger partial charge in [0, 0.05) is 20.0 Å². The first kappa shape index (κ1) is 15.4. The SMILES string of the molecule is COC(=O)CCCN(C)c1cccc(C#N)c1[N+](=O)[O-]. The Kier molecular flexibility index (Phi) is 5.47. The number of hydrogen-bond donors (Lipinski definition) is 0. The molecule has 0 heterocycles. The zero-order valence-electron chi connectivity index (χ0n) is 11.3. The van der Waals surface area contributed by atoms with Gasteiger partial charge >= 0.3 is 11.7 Å². The van der Waals surface area contributed by atoms with Crippen LogP contribution in [-0.2, 0) is 9.53 Å². The second kappa shape index (κ2) is 7.09. The van der Waals surface area contributed by atoms with Crippen molar-refractivity contribution >= 4 is 17.3 Å². The van der Waals surface area contributed by atoms with E-state index in [0.29, 0.717) is 18.7 Å². The van der Waals surface area contributed by atoms with Gasteiger partial charge in [0.05, 0.1) is 12.0 Å². The van der Waals surface area contributed by atoms with Gasteiger partial charge in [0.15, 0.2) is 0 Å². The van der Waals surface area contributed by atoms with E-state index >= 15 is 0 Å². The van der Waals surface area contributed by atoms with Crippen molar-refractivity contribution in [2.24, 2.45) is 0 Å². The number of anilines is 1. The topological polar surface area (TPSA) is 96.5 Å². The molecule has 0 N–H and O–H groups in total. The number of para-hydroxylation sites is 1. The summed E-state index contributed by atoms with van der Waals surface area (Å²) in [4.78, 5) is 23.2. The Morgan fingerprint density at radius 3 is 2.80 bits per heavy atom. The molecule has 0 aromatic heterocycles. The average molecular weight is 277 g/mol. The maximum Gasteiger partial charge on any atom is 0.310 e. The minimum Gasteiger partial charge on any atom is -0.469 e. The van der Waals surface area contributed by atoms with Crippen LogP contribution in [0.1, 0.15) is 18.4 Å². The fourth-order valence-electron chi connectivity index (χ4n) is 1.80. The molecule has 0 fully saturated rings. The van der Waals surface area contributed by atoms with E-state index in [4.69, 9.17) is 5.26 Å². The molecule has 0 spiro atoms. The fraction of sp³-hybridized carbons (Fsp3) is 0.385. The van der Waals surface area contributed by atoms with Gasteiger partial charge < -0.3 is 9.64 Å². The van der Waals surface area contributed by atoms with E-state index in [1.807, 2.05) is 6.07 Å². The van der Waals surface area contributed by atoms with Crippen molar-refractivity contribution in [3.8, 4) is 6.07 Å². The van der Waals surface area contributed by atoms with E-state index in [1.54, 1.807) is 24.1 Å². The van der Waals surface area contributed by atoms with Gasteiger partial charge in [-0.05, 0) is 18.6 Å². The van der Waals surface area contributed by atoms with Crippen molar-refractivity contribution in [3.63, 3.8) is 0 Å². The number of benzene rings is 1. The molecule has 0 atom stereocenters. The normalized spacial score (nSPS) is 9.65. The highest BCUT2D eigenvalue weighted by Gasteiger charge is 2.21.